The van der Waals surface area contributed by atoms with Gasteiger partial charge >= 0.3 is 0 Å². The molecule has 1 unspecified atom stereocenters. The fourth-order valence-electron chi connectivity index (χ4n) is 1.81. The molecule has 96 valence electrons. The van der Waals surface area contributed by atoms with Crippen LogP contribution in [0.5, 0.6) is 0 Å². The molecule has 4 heteroatoms. The van der Waals surface area contributed by atoms with Gasteiger partial charge in [-0.05, 0) is 59.1 Å². The first-order valence-corrected chi connectivity index (χ1v) is 7.04. The number of hydrogen-bond acceptors (Lipinski definition) is 2. The summed E-state index contributed by atoms with van der Waals surface area (Å²) < 4.78 is 6.45. The number of benzene rings is 1. The van der Waals surface area contributed by atoms with Gasteiger partial charge in [-0.25, -0.2) is 0 Å². The van der Waals surface area contributed by atoms with Crippen LogP contribution >= 0.6 is 27.5 Å². The fraction of sp³-hybridized carbons (Fsp3) is 0.286. The average Bonchev–Trinajstić information content (AvgIpc) is 2.85. The lowest BCUT2D eigenvalue weighted by molar-refractivity contribution is 0.474. The van der Waals surface area contributed by atoms with Gasteiger partial charge in [0.15, 0.2) is 0 Å². The lowest BCUT2D eigenvalue weighted by Gasteiger charge is -2.18. The number of hydrogen-bond donors (Lipinski definition) is 1. The summed E-state index contributed by atoms with van der Waals surface area (Å²) in [4.78, 5) is 0. The normalized spacial score (nSPS) is 12.4. The van der Waals surface area contributed by atoms with Crippen molar-refractivity contribution in [3.63, 3.8) is 0 Å². The molecule has 0 bridgehead atoms. The molecule has 0 aliphatic heterocycles. The van der Waals surface area contributed by atoms with Gasteiger partial charge in [0.05, 0.1) is 18.0 Å². The average molecular weight is 329 g/mol. The summed E-state index contributed by atoms with van der Waals surface area (Å²) in [6.45, 7) is 4.10. The maximum Gasteiger partial charge on any atom is 0.125 e. The summed E-state index contributed by atoms with van der Waals surface area (Å²) in [5.74, 6) is 0.932. The minimum atomic E-state index is 0.148. The Morgan fingerprint density at radius 1 is 1.44 bits per heavy atom. The van der Waals surface area contributed by atoms with Crippen molar-refractivity contribution >= 4 is 33.2 Å². The van der Waals surface area contributed by atoms with E-state index in [2.05, 4.69) is 28.2 Å². The van der Waals surface area contributed by atoms with Gasteiger partial charge in [-0.15, -0.1) is 0 Å². The van der Waals surface area contributed by atoms with Crippen LogP contribution in [0.1, 0.15) is 30.7 Å². The van der Waals surface area contributed by atoms with Gasteiger partial charge in [0, 0.05) is 9.50 Å². The molecule has 1 aromatic heterocycles. The molecule has 0 aliphatic rings. The largest absolute Gasteiger partial charge is 0.467 e. The summed E-state index contributed by atoms with van der Waals surface area (Å²) in [5, 5.41) is 4.20. The Balaban J connectivity index is 2.25. The minimum absolute atomic E-state index is 0.148. The maximum atomic E-state index is 6.15. The highest BCUT2D eigenvalue weighted by atomic mass is 79.9. The van der Waals surface area contributed by atoms with Gasteiger partial charge in [0.1, 0.15) is 5.76 Å². The zero-order valence-electron chi connectivity index (χ0n) is 10.3. The number of aryl methyl sites for hydroxylation is 1. The van der Waals surface area contributed by atoms with Crippen LogP contribution in [0.4, 0.5) is 5.69 Å². The standard InChI is InChI=1S/C14H15BrClNO/c1-3-12(14-5-4-6-18-14)17-13-8-11(16)9(2)7-10(13)15/h4-8,12,17H,3H2,1-2H3. The van der Waals surface area contributed by atoms with Crippen LogP contribution < -0.4 is 5.32 Å². The van der Waals surface area contributed by atoms with Crippen LogP contribution in [-0.4, -0.2) is 0 Å². The van der Waals surface area contributed by atoms with E-state index in [1.165, 1.54) is 0 Å². The van der Waals surface area contributed by atoms with Gasteiger partial charge in [-0.1, -0.05) is 18.5 Å². The predicted octanol–water partition coefficient (Wildman–Crippen LogP) is 5.57. The lowest BCUT2D eigenvalue weighted by atomic mass is 10.1. The zero-order valence-corrected chi connectivity index (χ0v) is 12.7. The SMILES string of the molecule is CCC(Nc1cc(Cl)c(C)cc1Br)c1ccco1. The van der Waals surface area contributed by atoms with E-state index in [-0.39, 0.29) is 6.04 Å². The first-order chi connectivity index (χ1) is 8.61. The minimum Gasteiger partial charge on any atom is -0.467 e. The van der Waals surface area contributed by atoms with Gasteiger partial charge in [0.2, 0.25) is 0 Å². The summed E-state index contributed by atoms with van der Waals surface area (Å²) in [6, 6.07) is 7.98. The summed E-state index contributed by atoms with van der Waals surface area (Å²) >= 11 is 9.70. The molecule has 1 N–H and O–H groups in total. The van der Waals surface area contributed by atoms with E-state index in [9.17, 15) is 0 Å². The number of halogens is 2. The second-order valence-electron chi connectivity index (χ2n) is 4.20. The summed E-state index contributed by atoms with van der Waals surface area (Å²) in [5.41, 5.74) is 2.04. The number of anilines is 1. The number of rotatable bonds is 4. The Bertz CT molecular complexity index is 525. The van der Waals surface area contributed by atoms with E-state index in [0.717, 1.165) is 32.9 Å². The second-order valence-corrected chi connectivity index (χ2v) is 5.46. The molecule has 18 heavy (non-hydrogen) atoms. The highest BCUT2D eigenvalue weighted by Gasteiger charge is 2.14. The fourth-order valence-corrected chi connectivity index (χ4v) is 2.54. The van der Waals surface area contributed by atoms with Crippen molar-refractivity contribution in [3.8, 4) is 0 Å². The molecule has 1 aromatic carbocycles. The monoisotopic (exact) mass is 327 g/mol. The predicted molar refractivity (Wildman–Crippen MR) is 79.3 cm³/mol. The maximum absolute atomic E-state index is 6.15. The molecule has 0 radical (unpaired) electrons. The van der Waals surface area contributed by atoms with E-state index < -0.39 is 0 Å². The van der Waals surface area contributed by atoms with E-state index in [1.807, 2.05) is 31.2 Å². The second kappa shape index (κ2) is 5.81. The van der Waals surface area contributed by atoms with Gasteiger partial charge in [-0.3, -0.25) is 0 Å². The Morgan fingerprint density at radius 3 is 2.83 bits per heavy atom. The third-order valence-electron chi connectivity index (χ3n) is 2.87. The molecule has 2 rings (SSSR count). The van der Waals surface area contributed by atoms with E-state index in [4.69, 9.17) is 16.0 Å². The van der Waals surface area contributed by atoms with E-state index in [0.29, 0.717) is 0 Å². The molecule has 0 fully saturated rings. The summed E-state index contributed by atoms with van der Waals surface area (Å²) in [6.07, 6.45) is 2.63. The van der Waals surface area contributed by atoms with Crippen LogP contribution in [-0.2, 0) is 0 Å². The van der Waals surface area contributed by atoms with Crippen LogP contribution in [0.2, 0.25) is 5.02 Å². The first kappa shape index (κ1) is 13.5. The number of nitrogens with one attached hydrogen (secondary N) is 1. The van der Waals surface area contributed by atoms with Crippen molar-refractivity contribution in [2.45, 2.75) is 26.3 Å². The zero-order chi connectivity index (χ0) is 13.1. The van der Waals surface area contributed by atoms with Crippen LogP contribution in [0.25, 0.3) is 0 Å². The molecular weight excluding hydrogens is 314 g/mol. The highest BCUT2D eigenvalue weighted by molar-refractivity contribution is 9.10. The topological polar surface area (TPSA) is 25.2 Å². The van der Waals surface area contributed by atoms with Crippen molar-refractivity contribution in [3.05, 3.63) is 51.3 Å². The van der Waals surface area contributed by atoms with Crippen LogP contribution in [0.3, 0.4) is 0 Å². The van der Waals surface area contributed by atoms with E-state index >= 15 is 0 Å². The summed E-state index contributed by atoms with van der Waals surface area (Å²) in [7, 11) is 0. The third-order valence-corrected chi connectivity index (χ3v) is 3.94. The Labute approximate surface area is 120 Å². The molecular formula is C14H15BrClNO. The van der Waals surface area contributed by atoms with Crippen LogP contribution in [0, 0.1) is 6.92 Å². The molecule has 2 nitrogen and oxygen atoms in total. The molecule has 1 atom stereocenters. The first-order valence-electron chi connectivity index (χ1n) is 5.87. The quantitative estimate of drug-likeness (QED) is 0.794. The Hall–Kier alpha value is -0.930. The Kier molecular flexibility index (Phi) is 4.36. The van der Waals surface area contributed by atoms with Gasteiger partial charge in [0.25, 0.3) is 0 Å². The lowest BCUT2D eigenvalue weighted by Crippen LogP contribution is -2.09. The van der Waals surface area contributed by atoms with Crippen molar-refractivity contribution in [2.75, 3.05) is 5.32 Å². The Morgan fingerprint density at radius 2 is 2.22 bits per heavy atom. The van der Waals surface area contributed by atoms with Crippen LogP contribution in [0.15, 0.2) is 39.4 Å². The molecule has 0 spiro atoms. The van der Waals surface area contributed by atoms with Gasteiger partial charge in [-0.2, -0.15) is 0 Å². The van der Waals surface area contributed by atoms with Crippen molar-refractivity contribution in [1.29, 1.82) is 0 Å². The molecule has 2 aromatic rings. The molecule has 0 saturated carbocycles. The smallest absolute Gasteiger partial charge is 0.125 e. The third kappa shape index (κ3) is 2.90. The van der Waals surface area contributed by atoms with Crippen molar-refractivity contribution in [1.82, 2.24) is 0 Å². The molecule has 0 saturated heterocycles. The van der Waals surface area contributed by atoms with Crippen molar-refractivity contribution in [2.24, 2.45) is 0 Å². The highest BCUT2D eigenvalue weighted by Crippen LogP contribution is 2.32. The molecule has 0 amide bonds. The molecule has 1 heterocycles. The van der Waals surface area contributed by atoms with Gasteiger partial charge < -0.3 is 9.73 Å². The molecule has 0 aliphatic carbocycles. The van der Waals surface area contributed by atoms with E-state index in [1.54, 1.807) is 6.26 Å². The van der Waals surface area contributed by atoms with Crippen molar-refractivity contribution < 1.29 is 4.42 Å². The number of furan rings is 1.